The molecule has 0 spiro atoms. The average molecular weight is 361 g/mol. The quantitative estimate of drug-likeness (QED) is 0.533. The number of nitrogens with zero attached hydrogens (tertiary/aromatic N) is 3. The lowest BCUT2D eigenvalue weighted by Gasteiger charge is -2.16. The van der Waals surface area contributed by atoms with Crippen LogP contribution in [0.3, 0.4) is 0 Å². The van der Waals surface area contributed by atoms with Crippen molar-refractivity contribution in [3.8, 4) is 0 Å². The van der Waals surface area contributed by atoms with Gasteiger partial charge in [0, 0.05) is 18.1 Å². The maximum Gasteiger partial charge on any atom is 0.233 e. The lowest BCUT2D eigenvalue weighted by Crippen LogP contribution is -2.28. The number of carbonyl (C=O) groups is 1. The van der Waals surface area contributed by atoms with Crippen LogP contribution in [0.2, 0.25) is 0 Å². The van der Waals surface area contributed by atoms with Gasteiger partial charge in [0.15, 0.2) is 5.13 Å². The highest BCUT2D eigenvalue weighted by atomic mass is 32.1. The van der Waals surface area contributed by atoms with E-state index < -0.39 is 0 Å². The van der Waals surface area contributed by atoms with Gasteiger partial charge in [0.05, 0.1) is 22.2 Å². The number of carbonyl (C=O) groups excluding carboxylic acids is 1. The van der Waals surface area contributed by atoms with E-state index in [0.29, 0.717) is 6.42 Å². The molecule has 4 aromatic rings. The van der Waals surface area contributed by atoms with Crippen molar-refractivity contribution >= 4 is 43.5 Å². The van der Waals surface area contributed by atoms with Crippen LogP contribution >= 0.6 is 11.3 Å². The minimum atomic E-state index is 0.0207. The summed E-state index contributed by atoms with van der Waals surface area (Å²) in [5.74, 6) is 0.0207. The molecule has 1 amide bonds. The summed E-state index contributed by atoms with van der Waals surface area (Å²) in [4.78, 5) is 23.8. The molecule has 0 aliphatic rings. The average Bonchev–Trinajstić information content (AvgIpc) is 3.08. The van der Waals surface area contributed by atoms with E-state index in [1.165, 1.54) is 11.3 Å². The zero-order chi connectivity index (χ0) is 18.3. The molecule has 4 nitrogen and oxygen atoms in total. The van der Waals surface area contributed by atoms with Gasteiger partial charge in [-0.3, -0.25) is 14.7 Å². The largest absolute Gasteiger partial charge is 0.291 e. The van der Waals surface area contributed by atoms with Crippen LogP contribution in [0.15, 0.2) is 48.5 Å². The van der Waals surface area contributed by atoms with Crippen LogP contribution in [0, 0.1) is 13.8 Å². The highest BCUT2D eigenvalue weighted by molar-refractivity contribution is 7.22. The van der Waals surface area contributed by atoms with Crippen molar-refractivity contribution < 1.29 is 4.79 Å². The van der Waals surface area contributed by atoms with Crippen molar-refractivity contribution in [3.63, 3.8) is 0 Å². The maximum absolute atomic E-state index is 12.9. The summed E-state index contributed by atoms with van der Waals surface area (Å²) in [7, 11) is 1.79. The normalized spacial score (nSPS) is 11.2. The second-order valence-electron chi connectivity index (χ2n) is 6.41. The summed E-state index contributed by atoms with van der Waals surface area (Å²) in [5, 5.41) is 1.82. The molecule has 2 aromatic heterocycles. The molecule has 130 valence electrons. The van der Waals surface area contributed by atoms with Gasteiger partial charge in [-0.15, -0.1) is 0 Å². The molecule has 2 heterocycles. The zero-order valence-electron chi connectivity index (χ0n) is 15.0. The van der Waals surface area contributed by atoms with E-state index in [0.717, 1.165) is 43.1 Å². The van der Waals surface area contributed by atoms with Gasteiger partial charge in [-0.1, -0.05) is 41.7 Å². The first kappa shape index (κ1) is 16.7. The fourth-order valence-electron chi connectivity index (χ4n) is 3.21. The Morgan fingerprint density at radius 2 is 1.69 bits per heavy atom. The van der Waals surface area contributed by atoms with Crippen molar-refractivity contribution in [1.82, 2.24) is 9.97 Å². The summed E-state index contributed by atoms with van der Waals surface area (Å²) < 4.78 is 1.09. The molecule has 0 radical (unpaired) electrons. The van der Waals surface area contributed by atoms with E-state index >= 15 is 0 Å². The van der Waals surface area contributed by atoms with Crippen molar-refractivity contribution in [3.05, 3.63) is 65.4 Å². The number of likely N-dealkylation sites (N-methyl/N-ethyl adjacent to an activating group) is 1. The molecule has 5 heteroatoms. The molecule has 0 saturated heterocycles. The number of amides is 1. The molecular formula is C21H19N3OS. The predicted octanol–water partition coefficient (Wildman–Crippen LogP) is 4.67. The van der Waals surface area contributed by atoms with Gasteiger partial charge in [0.25, 0.3) is 0 Å². The Morgan fingerprint density at radius 3 is 2.46 bits per heavy atom. The number of anilines is 1. The van der Waals surface area contributed by atoms with Crippen LogP contribution in [0.1, 0.15) is 16.8 Å². The summed E-state index contributed by atoms with van der Waals surface area (Å²) in [6.45, 7) is 4.04. The van der Waals surface area contributed by atoms with Crippen LogP contribution in [0.5, 0.6) is 0 Å². The van der Waals surface area contributed by atoms with E-state index in [1.54, 1.807) is 11.9 Å². The number of hydrogen-bond donors (Lipinski definition) is 0. The molecule has 0 unspecified atom stereocenters. The molecule has 0 bridgehead atoms. The molecule has 0 saturated carbocycles. The monoisotopic (exact) mass is 361 g/mol. The van der Waals surface area contributed by atoms with E-state index in [2.05, 4.69) is 23.0 Å². The van der Waals surface area contributed by atoms with Crippen LogP contribution in [0.25, 0.3) is 21.1 Å². The predicted molar refractivity (Wildman–Crippen MR) is 108 cm³/mol. The minimum absolute atomic E-state index is 0.0207. The fourth-order valence-corrected chi connectivity index (χ4v) is 4.16. The highest BCUT2D eigenvalue weighted by Gasteiger charge is 2.19. The molecule has 4 rings (SSSR count). The zero-order valence-corrected chi connectivity index (χ0v) is 15.8. The van der Waals surface area contributed by atoms with Crippen molar-refractivity contribution in [2.75, 3.05) is 11.9 Å². The molecule has 0 atom stereocenters. The second-order valence-corrected chi connectivity index (χ2v) is 7.42. The molecule has 0 fully saturated rings. The number of aromatic nitrogens is 2. The Morgan fingerprint density at radius 1 is 1.00 bits per heavy atom. The third kappa shape index (κ3) is 2.84. The lowest BCUT2D eigenvalue weighted by molar-refractivity contribution is -0.117. The number of aryl methyl sites for hydroxylation is 2. The summed E-state index contributed by atoms with van der Waals surface area (Å²) >= 11 is 1.53. The van der Waals surface area contributed by atoms with Crippen molar-refractivity contribution in [2.45, 2.75) is 20.3 Å². The number of rotatable bonds is 3. The van der Waals surface area contributed by atoms with Gasteiger partial charge in [0.1, 0.15) is 0 Å². The summed E-state index contributed by atoms with van der Waals surface area (Å²) in [6.07, 6.45) is 0.321. The molecule has 0 N–H and O–H groups in total. The fraction of sp³-hybridized carbons (Fsp3) is 0.190. The van der Waals surface area contributed by atoms with E-state index in [-0.39, 0.29) is 5.91 Å². The molecular weight excluding hydrogens is 342 g/mol. The third-order valence-electron chi connectivity index (χ3n) is 4.76. The Balaban J connectivity index is 1.66. The summed E-state index contributed by atoms with van der Waals surface area (Å²) in [6, 6.07) is 16.0. The molecule has 0 aliphatic heterocycles. The number of para-hydroxylation sites is 2. The second kappa shape index (κ2) is 6.50. The van der Waals surface area contributed by atoms with Crippen LogP contribution in [0.4, 0.5) is 5.13 Å². The van der Waals surface area contributed by atoms with Crippen LogP contribution < -0.4 is 4.90 Å². The van der Waals surface area contributed by atoms with Gasteiger partial charge in [-0.05, 0) is 43.2 Å². The van der Waals surface area contributed by atoms with Crippen LogP contribution in [-0.2, 0) is 11.2 Å². The SMILES string of the molecule is Cc1nc2ccccc2c(C)c1CC(=O)N(C)c1nc2ccccc2s1. The topological polar surface area (TPSA) is 46.1 Å². The number of thiazole rings is 1. The van der Waals surface area contributed by atoms with Crippen LogP contribution in [-0.4, -0.2) is 22.9 Å². The minimum Gasteiger partial charge on any atom is -0.291 e. The number of benzene rings is 2. The Hall–Kier alpha value is -2.79. The number of pyridine rings is 1. The third-order valence-corrected chi connectivity index (χ3v) is 5.87. The number of fused-ring (bicyclic) bond motifs is 2. The Labute approximate surface area is 156 Å². The Kier molecular flexibility index (Phi) is 4.17. The van der Waals surface area contributed by atoms with Crippen molar-refractivity contribution in [2.24, 2.45) is 0 Å². The lowest BCUT2D eigenvalue weighted by atomic mass is 9.99. The molecule has 26 heavy (non-hydrogen) atoms. The maximum atomic E-state index is 12.9. The van der Waals surface area contributed by atoms with Gasteiger partial charge in [-0.25, -0.2) is 4.98 Å². The van der Waals surface area contributed by atoms with Gasteiger partial charge >= 0.3 is 0 Å². The highest BCUT2D eigenvalue weighted by Crippen LogP contribution is 2.29. The van der Waals surface area contributed by atoms with E-state index in [4.69, 9.17) is 0 Å². The van der Waals surface area contributed by atoms with E-state index in [9.17, 15) is 4.79 Å². The first-order valence-corrected chi connectivity index (χ1v) is 9.33. The first-order chi connectivity index (χ1) is 12.5. The van der Waals surface area contributed by atoms with Gasteiger partial charge in [-0.2, -0.15) is 0 Å². The van der Waals surface area contributed by atoms with Gasteiger partial charge < -0.3 is 0 Å². The molecule has 0 aliphatic carbocycles. The van der Waals surface area contributed by atoms with E-state index in [1.807, 2.05) is 49.4 Å². The summed E-state index contributed by atoms with van der Waals surface area (Å²) in [5.41, 5.74) is 4.93. The Bertz CT molecular complexity index is 1100. The van der Waals surface area contributed by atoms with Gasteiger partial charge in [0.2, 0.25) is 5.91 Å². The smallest absolute Gasteiger partial charge is 0.233 e. The first-order valence-electron chi connectivity index (χ1n) is 8.51. The molecule has 2 aromatic carbocycles. The standard InChI is InChI=1S/C21H19N3OS/c1-13-15-8-4-5-9-17(15)22-14(2)16(13)12-20(25)24(3)21-23-18-10-6-7-11-19(18)26-21/h4-11H,12H2,1-3H3. The number of hydrogen-bond acceptors (Lipinski definition) is 4. The van der Waals surface area contributed by atoms with Crippen molar-refractivity contribution in [1.29, 1.82) is 0 Å².